The lowest BCUT2D eigenvalue weighted by Gasteiger charge is -2.17. The van der Waals surface area contributed by atoms with Crippen molar-refractivity contribution in [2.75, 3.05) is 13.7 Å². The number of aromatic nitrogens is 2. The Morgan fingerprint density at radius 2 is 2.30 bits per heavy atom. The van der Waals surface area contributed by atoms with Crippen LogP contribution in [-0.2, 0) is 24.3 Å². The van der Waals surface area contributed by atoms with E-state index in [0.29, 0.717) is 13.2 Å². The van der Waals surface area contributed by atoms with Gasteiger partial charge in [-0.2, -0.15) is 5.10 Å². The zero-order valence-electron chi connectivity index (χ0n) is 11.4. The molecule has 1 aliphatic rings. The Morgan fingerprint density at radius 1 is 1.40 bits per heavy atom. The topological polar surface area (TPSA) is 56.1 Å². The zero-order chi connectivity index (χ0) is 13.9. The highest BCUT2D eigenvalue weighted by atomic mass is 16.5. The van der Waals surface area contributed by atoms with Crippen LogP contribution in [0.3, 0.4) is 0 Å². The molecular weight excluding hydrogens is 254 g/mol. The molecule has 104 valence electrons. The van der Waals surface area contributed by atoms with Gasteiger partial charge in [-0.1, -0.05) is 12.1 Å². The third kappa shape index (κ3) is 2.58. The van der Waals surface area contributed by atoms with Gasteiger partial charge in [0.05, 0.1) is 18.8 Å². The number of methoxy groups -OCH3 is 1. The van der Waals surface area contributed by atoms with E-state index in [1.807, 2.05) is 29.1 Å². The van der Waals surface area contributed by atoms with Crippen molar-refractivity contribution in [3.63, 3.8) is 0 Å². The normalized spacial score (nSPS) is 13.9. The van der Waals surface area contributed by atoms with E-state index in [4.69, 9.17) is 4.74 Å². The Kier molecular flexibility index (Phi) is 3.52. The van der Waals surface area contributed by atoms with Crippen LogP contribution in [0.2, 0.25) is 0 Å². The number of hydrogen-bond donors (Lipinski definition) is 1. The number of benzene rings is 1. The van der Waals surface area contributed by atoms with E-state index in [-0.39, 0.29) is 5.91 Å². The molecule has 20 heavy (non-hydrogen) atoms. The molecule has 1 N–H and O–H groups in total. The van der Waals surface area contributed by atoms with Crippen molar-refractivity contribution in [3.8, 4) is 0 Å². The summed E-state index contributed by atoms with van der Waals surface area (Å²) in [6, 6.07) is 7.95. The van der Waals surface area contributed by atoms with Gasteiger partial charge in [0.25, 0.3) is 5.91 Å². The fourth-order valence-corrected chi connectivity index (χ4v) is 2.48. The standard InChI is InChI=1S/C15H17N3O2/c1-20-10-13-5-7-18(17-13)9-11-2-3-14-12(8-11)4-6-16-15(14)19/h2-3,5,7-8H,4,6,9-10H2,1H3,(H,16,19). The molecule has 5 heteroatoms. The van der Waals surface area contributed by atoms with Gasteiger partial charge in [-0.15, -0.1) is 0 Å². The molecule has 0 aliphatic carbocycles. The van der Waals surface area contributed by atoms with Gasteiger partial charge in [-0.05, 0) is 29.7 Å². The van der Waals surface area contributed by atoms with Gasteiger partial charge in [-0.25, -0.2) is 0 Å². The van der Waals surface area contributed by atoms with Crippen molar-refractivity contribution in [1.82, 2.24) is 15.1 Å². The van der Waals surface area contributed by atoms with Crippen LogP contribution >= 0.6 is 0 Å². The van der Waals surface area contributed by atoms with Crippen molar-refractivity contribution in [2.24, 2.45) is 0 Å². The molecule has 0 atom stereocenters. The number of nitrogens with zero attached hydrogens (tertiary/aromatic N) is 2. The molecule has 2 aromatic rings. The fourth-order valence-electron chi connectivity index (χ4n) is 2.48. The molecule has 2 heterocycles. The molecule has 0 unspecified atom stereocenters. The summed E-state index contributed by atoms with van der Waals surface area (Å²) in [5, 5.41) is 7.29. The second-order valence-corrected chi connectivity index (χ2v) is 4.94. The molecule has 1 aromatic carbocycles. The quantitative estimate of drug-likeness (QED) is 0.913. The molecule has 5 nitrogen and oxygen atoms in total. The van der Waals surface area contributed by atoms with E-state index < -0.39 is 0 Å². The molecule has 1 aromatic heterocycles. The van der Waals surface area contributed by atoms with Crippen LogP contribution in [0.15, 0.2) is 30.5 Å². The monoisotopic (exact) mass is 271 g/mol. The van der Waals surface area contributed by atoms with Gasteiger partial charge < -0.3 is 10.1 Å². The number of fused-ring (bicyclic) bond motifs is 1. The molecule has 1 aliphatic heterocycles. The summed E-state index contributed by atoms with van der Waals surface area (Å²) in [6.45, 7) is 1.95. The van der Waals surface area contributed by atoms with E-state index in [1.165, 1.54) is 0 Å². The first kappa shape index (κ1) is 12.9. The maximum atomic E-state index is 11.7. The third-order valence-corrected chi connectivity index (χ3v) is 3.43. The molecule has 0 saturated heterocycles. The Hall–Kier alpha value is -2.14. The average Bonchev–Trinajstić information content (AvgIpc) is 2.87. The largest absolute Gasteiger partial charge is 0.378 e. The summed E-state index contributed by atoms with van der Waals surface area (Å²) < 4.78 is 6.95. The van der Waals surface area contributed by atoms with Crippen LogP contribution < -0.4 is 5.32 Å². The Labute approximate surface area is 117 Å². The summed E-state index contributed by atoms with van der Waals surface area (Å²) >= 11 is 0. The second kappa shape index (κ2) is 5.46. The van der Waals surface area contributed by atoms with Gasteiger partial charge in [0.1, 0.15) is 0 Å². The Morgan fingerprint density at radius 3 is 3.15 bits per heavy atom. The van der Waals surface area contributed by atoms with E-state index in [1.54, 1.807) is 7.11 Å². The van der Waals surface area contributed by atoms with Crippen molar-refractivity contribution >= 4 is 5.91 Å². The number of nitrogens with one attached hydrogen (secondary N) is 1. The molecule has 3 rings (SSSR count). The Bertz CT molecular complexity index is 634. The van der Waals surface area contributed by atoms with Crippen molar-refractivity contribution < 1.29 is 9.53 Å². The molecule has 0 radical (unpaired) electrons. The SMILES string of the molecule is COCc1ccn(Cc2ccc3c(c2)CCNC3=O)n1. The van der Waals surface area contributed by atoms with Crippen molar-refractivity contribution in [2.45, 2.75) is 19.6 Å². The highest BCUT2D eigenvalue weighted by Gasteiger charge is 2.16. The molecule has 0 saturated carbocycles. The number of hydrogen-bond acceptors (Lipinski definition) is 3. The lowest BCUT2D eigenvalue weighted by molar-refractivity contribution is 0.0946. The lowest BCUT2D eigenvalue weighted by atomic mass is 9.98. The molecule has 0 fully saturated rings. The predicted octanol–water partition coefficient (Wildman–Crippen LogP) is 1.36. The average molecular weight is 271 g/mol. The van der Waals surface area contributed by atoms with Gasteiger partial charge in [0, 0.05) is 25.4 Å². The summed E-state index contributed by atoms with van der Waals surface area (Å²) in [5.74, 6) is 0.0271. The third-order valence-electron chi connectivity index (χ3n) is 3.43. The van der Waals surface area contributed by atoms with Crippen molar-refractivity contribution in [1.29, 1.82) is 0 Å². The highest BCUT2D eigenvalue weighted by molar-refractivity contribution is 5.96. The zero-order valence-corrected chi connectivity index (χ0v) is 11.4. The maximum Gasteiger partial charge on any atom is 0.251 e. The highest BCUT2D eigenvalue weighted by Crippen LogP contribution is 2.16. The van der Waals surface area contributed by atoms with Gasteiger partial charge in [-0.3, -0.25) is 9.48 Å². The first-order chi connectivity index (χ1) is 9.76. The van der Waals surface area contributed by atoms with Gasteiger partial charge >= 0.3 is 0 Å². The summed E-state index contributed by atoms with van der Waals surface area (Å²) in [7, 11) is 1.66. The number of carbonyl (C=O) groups excluding carboxylic acids is 1. The maximum absolute atomic E-state index is 11.7. The second-order valence-electron chi connectivity index (χ2n) is 4.94. The van der Waals surface area contributed by atoms with Crippen LogP contribution in [0.5, 0.6) is 0 Å². The van der Waals surface area contributed by atoms with Crippen LogP contribution in [0.1, 0.15) is 27.2 Å². The molecule has 0 spiro atoms. The predicted molar refractivity (Wildman–Crippen MR) is 74.5 cm³/mol. The summed E-state index contributed by atoms with van der Waals surface area (Å²) in [6.07, 6.45) is 2.84. The number of carbonyl (C=O) groups is 1. The van der Waals surface area contributed by atoms with Crippen LogP contribution in [0.4, 0.5) is 0 Å². The van der Waals surface area contributed by atoms with E-state index in [2.05, 4.69) is 16.5 Å². The Balaban J connectivity index is 1.78. The van der Waals surface area contributed by atoms with E-state index in [9.17, 15) is 4.79 Å². The summed E-state index contributed by atoms with van der Waals surface area (Å²) in [5.41, 5.74) is 3.99. The molecule has 0 bridgehead atoms. The van der Waals surface area contributed by atoms with E-state index >= 15 is 0 Å². The molecule has 1 amide bonds. The first-order valence-corrected chi connectivity index (χ1v) is 6.67. The number of amides is 1. The minimum Gasteiger partial charge on any atom is -0.378 e. The van der Waals surface area contributed by atoms with Crippen molar-refractivity contribution in [3.05, 3.63) is 52.8 Å². The van der Waals surface area contributed by atoms with Gasteiger partial charge in [0.2, 0.25) is 0 Å². The smallest absolute Gasteiger partial charge is 0.251 e. The van der Waals surface area contributed by atoms with Crippen LogP contribution in [0.25, 0.3) is 0 Å². The van der Waals surface area contributed by atoms with Gasteiger partial charge in [0.15, 0.2) is 0 Å². The first-order valence-electron chi connectivity index (χ1n) is 6.67. The molecular formula is C15H17N3O2. The number of ether oxygens (including phenoxy) is 1. The minimum atomic E-state index is 0.0271. The summed E-state index contributed by atoms with van der Waals surface area (Å²) in [4.78, 5) is 11.7. The lowest BCUT2D eigenvalue weighted by Crippen LogP contribution is -2.31. The fraction of sp³-hybridized carbons (Fsp3) is 0.333. The minimum absolute atomic E-state index is 0.0271. The number of rotatable bonds is 4. The van der Waals surface area contributed by atoms with E-state index in [0.717, 1.165) is 35.3 Å². The van der Waals surface area contributed by atoms with Crippen LogP contribution in [-0.4, -0.2) is 29.3 Å². The van der Waals surface area contributed by atoms with Crippen LogP contribution in [0, 0.1) is 0 Å².